The predicted molar refractivity (Wildman–Crippen MR) is 74.2 cm³/mol. The molecule has 0 heterocycles. The van der Waals surface area contributed by atoms with Gasteiger partial charge in [-0.15, -0.1) is 0 Å². The summed E-state index contributed by atoms with van der Waals surface area (Å²) in [5.74, 6) is 0.291. The summed E-state index contributed by atoms with van der Waals surface area (Å²) in [4.78, 5) is 10.5. The molecule has 0 atom stereocenters. The van der Waals surface area contributed by atoms with Gasteiger partial charge in [-0.05, 0) is 19.9 Å². The van der Waals surface area contributed by atoms with E-state index in [0.717, 1.165) is 0 Å². The molecule has 20 heavy (non-hydrogen) atoms. The average molecular weight is 303 g/mol. The smallest absolute Gasteiger partial charge is 0.335 e. The fourth-order valence-electron chi connectivity index (χ4n) is 1.79. The lowest BCUT2D eigenvalue weighted by molar-refractivity contribution is -0.385. The molecule has 0 N–H and O–H groups in total. The molecule has 0 unspecified atom stereocenters. The number of hydrogen-bond acceptors (Lipinski definition) is 6. The minimum atomic E-state index is -3.43. The highest BCUT2D eigenvalue weighted by Gasteiger charge is 2.30. The highest BCUT2D eigenvalue weighted by atomic mass is 31.2. The van der Waals surface area contributed by atoms with Crippen molar-refractivity contribution in [3.05, 3.63) is 33.9 Å². The van der Waals surface area contributed by atoms with Crippen LogP contribution in [0.2, 0.25) is 0 Å². The highest BCUT2D eigenvalue weighted by molar-refractivity contribution is 7.53. The van der Waals surface area contributed by atoms with Crippen molar-refractivity contribution in [3.63, 3.8) is 0 Å². The molecule has 0 fully saturated rings. The molecule has 0 saturated heterocycles. The van der Waals surface area contributed by atoms with E-state index < -0.39 is 12.5 Å². The summed E-state index contributed by atoms with van der Waals surface area (Å²) in [6.07, 6.45) is -0.199. The Hall–Kier alpha value is -1.43. The van der Waals surface area contributed by atoms with Crippen molar-refractivity contribution in [2.45, 2.75) is 20.0 Å². The number of nitrogens with zero attached hydrogens (tertiary/aromatic N) is 1. The van der Waals surface area contributed by atoms with E-state index in [1.807, 2.05) is 0 Å². The maximum absolute atomic E-state index is 12.5. The first-order valence-electron chi connectivity index (χ1n) is 6.15. The highest BCUT2D eigenvalue weighted by Crippen LogP contribution is 2.53. The molecule has 0 amide bonds. The van der Waals surface area contributed by atoms with E-state index in [1.165, 1.54) is 19.2 Å². The minimum Gasteiger partial charge on any atom is -0.496 e. The maximum Gasteiger partial charge on any atom is 0.335 e. The molecule has 0 bridgehead atoms. The van der Waals surface area contributed by atoms with Gasteiger partial charge >= 0.3 is 7.60 Å². The molecule has 0 aromatic heterocycles. The molecule has 112 valence electrons. The Morgan fingerprint density at radius 1 is 1.25 bits per heavy atom. The van der Waals surface area contributed by atoms with Gasteiger partial charge in [0.15, 0.2) is 0 Å². The number of nitro benzene ring substituents is 1. The maximum atomic E-state index is 12.5. The summed E-state index contributed by atoms with van der Waals surface area (Å²) >= 11 is 0. The van der Waals surface area contributed by atoms with Gasteiger partial charge in [-0.2, -0.15) is 0 Å². The monoisotopic (exact) mass is 303 g/mol. The quantitative estimate of drug-likeness (QED) is 0.415. The van der Waals surface area contributed by atoms with Gasteiger partial charge in [0, 0.05) is 6.07 Å². The Morgan fingerprint density at radius 3 is 2.30 bits per heavy atom. The van der Waals surface area contributed by atoms with Crippen LogP contribution in [0.3, 0.4) is 0 Å². The lowest BCUT2D eigenvalue weighted by atomic mass is 10.2. The number of nitro groups is 1. The first-order valence-corrected chi connectivity index (χ1v) is 7.88. The normalized spacial score (nSPS) is 11.3. The molecule has 7 nitrogen and oxygen atoms in total. The van der Waals surface area contributed by atoms with Crippen LogP contribution in [0.15, 0.2) is 18.2 Å². The third-order valence-corrected chi connectivity index (χ3v) is 4.53. The molecule has 8 heteroatoms. The lowest BCUT2D eigenvalue weighted by Gasteiger charge is -2.18. The second-order valence-electron chi connectivity index (χ2n) is 3.82. The van der Waals surface area contributed by atoms with E-state index in [2.05, 4.69) is 0 Å². The van der Waals surface area contributed by atoms with Gasteiger partial charge < -0.3 is 13.8 Å². The summed E-state index contributed by atoms with van der Waals surface area (Å²) in [6, 6.07) is 4.41. The zero-order valence-corrected chi connectivity index (χ0v) is 12.6. The van der Waals surface area contributed by atoms with Crippen LogP contribution in [0.5, 0.6) is 5.75 Å². The van der Waals surface area contributed by atoms with Crippen LogP contribution in [0, 0.1) is 10.1 Å². The summed E-state index contributed by atoms with van der Waals surface area (Å²) in [5, 5.41) is 11.1. The van der Waals surface area contributed by atoms with Gasteiger partial charge in [-0.3, -0.25) is 14.7 Å². The number of methoxy groups -OCH3 is 1. The molecule has 0 spiro atoms. The summed E-state index contributed by atoms with van der Waals surface area (Å²) in [7, 11) is -2.03. The van der Waals surface area contributed by atoms with Gasteiger partial charge in [-0.25, -0.2) is 0 Å². The third kappa shape index (κ3) is 4.03. The molecule has 0 aliphatic rings. The van der Waals surface area contributed by atoms with Crippen LogP contribution in [-0.4, -0.2) is 25.2 Å². The van der Waals surface area contributed by atoms with Gasteiger partial charge in [0.05, 0.1) is 37.0 Å². The van der Waals surface area contributed by atoms with E-state index in [9.17, 15) is 14.7 Å². The second kappa shape index (κ2) is 7.38. The number of benzene rings is 1. The Labute approximate surface area is 117 Å². The van der Waals surface area contributed by atoms with Crippen molar-refractivity contribution in [1.29, 1.82) is 0 Å². The van der Waals surface area contributed by atoms with E-state index in [0.29, 0.717) is 5.75 Å². The van der Waals surface area contributed by atoms with Crippen LogP contribution >= 0.6 is 7.60 Å². The molecular formula is C12H18NO6P. The first kappa shape index (κ1) is 16.6. The standard InChI is InChI=1S/C12H18NO6P/c1-4-18-20(16,19-5-2)9-10-11(13(14)15)7-6-8-12(10)17-3/h6-8H,4-5,9H2,1-3H3. The van der Waals surface area contributed by atoms with E-state index in [-0.39, 0.29) is 30.6 Å². The molecule has 1 rings (SSSR count). The third-order valence-electron chi connectivity index (χ3n) is 2.53. The van der Waals surface area contributed by atoms with Gasteiger partial charge in [-0.1, -0.05) is 6.07 Å². The lowest BCUT2D eigenvalue weighted by Crippen LogP contribution is -2.03. The Morgan fingerprint density at radius 2 is 1.85 bits per heavy atom. The van der Waals surface area contributed by atoms with Crippen molar-refractivity contribution in [3.8, 4) is 5.75 Å². The van der Waals surface area contributed by atoms with Crippen LogP contribution < -0.4 is 4.74 Å². The van der Waals surface area contributed by atoms with E-state index in [4.69, 9.17) is 13.8 Å². The largest absolute Gasteiger partial charge is 0.496 e. The fourth-order valence-corrected chi connectivity index (χ4v) is 3.54. The van der Waals surface area contributed by atoms with Crippen LogP contribution in [-0.2, 0) is 19.8 Å². The summed E-state index contributed by atoms with van der Waals surface area (Å²) in [5.41, 5.74) is 0.0502. The number of ether oxygens (including phenoxy) is 1. The fraction of sp³-hybridized carbons (Fsp3) is 0.500. The molecule has 1 aromatic carbocycles. The van der Waals surface area contributed by atoms with Gasteiger partial charge in [0.25, 0.3) is 5.69 Å². The van der Waals surface area contributed by atoms with Crippen molar-refractivity contribution < 1.29 is 23.3 Å². The van der Waals surface area contributed by atoms with E-state index in [1.54, 1.807) is 19.9 Å². The molecule has 1 aromatic rings. The van der Waals surface area contributed by atoms with Gasteiger partial charge in [0.2, 0.25) is 0 Å². The molecule has 0 aliphatic heterocycles. The summed E-state index contributed by atoms with van der Waals surface area (Å²) in [6.45, 7) is 3.76. The molecule has 0 aliphatic carbocycles. The van der Waals surface area contributed by atoms with Crippen LogP contribution in [0.4, 0.5) is 5.69 Å². The van der Waals surface area contributed by atoms with Crippen molar-refractivity contribution in [2.24, 2.45) is 0 Å². The average Bonchev–Trinajstić information content (AvgIpc) is 2.39. The SMILES string of the molecule is CCOP(=O)(Cc1c(OC)cccc1[N+](=O)[O-])OCC. The number of rotatable bonds is 8. The zero-order chi connectivity index (χ0) is 15.2. The minimum absolute atomic E-state index is 0.163. The number of hydrogen-bond donors (Lipinski definition) is 0. The molecule has 0 saturated carbocycles. The van der Waals surface area contributed by atoms with Crippen LogP contribution in [0.25, 0.3) is 0 Å². The van der Waals surface area contributed by atoms with Crippen molar-refractivity contribution in [1.82, 2.24) is 0 Å². The Kier molecular flexibility index (Phi) is 6.13. The Balaban J connectivity index is 3.23. The topological polar surface area (TPSA) is 87.9 Å². The van der Waals surface area contributed by atoms with Crippen molar-refractivity contribution in [2.75, 3.05) is 20.3 Å². The molecular weight excluding hydrogens is 285 g/mol. The van der Waals surface area contributed by atoms with Crippen molar-refractivity contribution >= 4 is 13.3 Å². The summed E-state index contributed by atoms with van der Waals surface area (Å²) < 4.78 is 27.9. The van der Waals surface area contributed by atoms with Gasteiger partial charge in [0.1, 0.15) is 5.75 Å². The predicted octanol–water partition coefficient (Wildman–Crippen LogP) is 3.37. The van der Waals surface area contributed by atoms with Crippen LogP contribution in [0.1, 0.15) is 19.4 Å². The zero-order valence-electron chi connectivity index (χ0n) is 11.7. The molecule has 0 radical (unpaired) electrons. The Bertz CT molecular complexity index is 509. The second-order valence-corrected chi connectivity index (χ2v) is 5.87. The van der Waals surface area contributed by atoms with E-state index >= 15 is 0 Å². The first-order chi connectivity index (χ1) is 9.47.